The Balaban J connectivity index is 1.26. The molecule has 0 atom stereocenters. The molecule has 4 aromatic carbocycles. The highest BCUT2D eigenvalue weighted by Crippen LogP contribution is 2.38. The van der Waals surface area contributed by atoms with Crippen molar-refractivity contribution in [1.82, 2.24) is 0 Å². The van der Waals surface area contributed by atoms with Gasteiger partial charge in [0.2, 0.25) is 0 Å². The van der Waals surface area contributed by atoms with Gasteiger partial charge in [0.05, 0.1) is 0 Å². The van der Waals surface area contributed by atoms with E-state index in [4.69, 9.17) is 0 Å². The second-order valence-corrected chi connectivity index (χ2v) is 9.79. The van der Waals surface area contributed by atoms with E-state index in [0.29, 0.717) is 0 Å². The molecule has 0 heterocycles. The third-order valence-corrected chi connectivity index (χ3v) is 7.67. The van der Waals surface area contributed by atoms with E-state index >= 15 is 0 Å². The third kappa shape index (κ3) is 3.74. The highest BCUT2D eigenvalue weighted by molar-refractivity contribution is 5.91. The lowest BCUT2D eigenvalue weighted by Crippen LogP contribution is -2.02. The van der Waals surface area contributed by atoms with Gasteiger partial charge in [-0.15, -0.1) is 0 Å². The second-order valence-electron chi connectivity index (χ2n) is 9.79. The normalized spacial score (nSPS) is 13.9. The average molecular weight is 439 g/mol. The number of fused-ring (bicyclic) bond motifs is 2. The van der Waals surface area contributed by atoms with Crippen molar-refractivity contribution in [2.24, 2.45) is 0 Å². The number of hydrogen-bond acceptors (Lipinski definition) is 0. The van der Waals surface area contributed by atoms with E-state index in [1.165, 1.54) is 66.8 Å². The smallest absolute Gasteiger partial charge is 0.00108 e. The molecule has 0 nitrogen and oxygen atoms in total. The molecule has 0 fully saturated rings. The van der Waals surface area contributed by atoms with E-state index in [9.17, 15) is 0 Å². The zero-order valence-corrected chi connectivity index (χ0v) is 20.1. The Hall–Kier alpha value is -3.64. The highest BCUT2D eigenvalue weighted by Gasteiger charge is 2.21. The monoisotopic (exact) mass is 438 g/mol. The lowest BCUT2D eigenvalue weighted by Gasteiger charge is -2.14. The number of rotatable bonds is 5. The minimum Gasteiger partial charge on any atom is -0.0622 e. The molecule has 0 N–H and O–H groups in total. The van der Waals surface area contributed by atoms with Gasteiger partial charge in [0, 0.05) is 0 Å². The molecule has 34 heavy (non-hydrogen) atoms. The van der Waals surface area contributed by atoms with Gasteiger partial charge in [0.15, 0.2) is 0 Å². The Kier molecular flexibility index (Phi) is 5.30. The largest absolute Gasteiger partial charge is 0.0622 e. The first kappa shape index (κ1) is 20.9. The molecule has 2 aliphatic rings. The quantitative estimate of drug-likeness (QED) is 0.294. The van der Waals surface area contributed by atoms with Gasteiger partial charge >= 0.3 is 0 Å². The van der Waals surface area contributed by atoms with E-state index < -0.39 is 0 Å². The van der Waals surface area contributed by atoms with Gasteiger partial charge < -0.3 is 0 Å². The Morgan fingerprint density at radius 3 is 1.32 bits per heavy atom. The molecule has 0 aromatic heterocycles. The molecule has 0 heteroatoms. The second kappa shape index (κ2) is 8.61. The Morgan fingerprint density at radius 1 is 0.500 bits per heavy atom. The summed E-state index contributed by atoms with van der Waals surface area (Å²) in [6.45, 7) is 4.49. The van der Waals surface area contributed by atoms with Gasteiger partial charge in [0.1, 0.15) is 0 Å². The SMILES string of the molecule is Cc1ccc(CCc2ccc(C)c3c2CC(c2ccccc2)=C3)c2c1C=C(c1ccccc1)C2. The van der Waals surface area contributed by atoms with Crippen LogP contribution in [0.2, 0.25) is 0 Å². The molecule has 4 aromatic rings. The van der Waals surface area contributed by atoms with Gasteiger partial charge in [-0.2, -0.15) is 0 Å². The first-order chi connectivity index (χ1) is 16.7. The van der Waals surface area contributed by atoms with Crippen molar-refractivity contribution in [2.45, 2.75) is 39.5 Å². The van der Waals surface area contributed by atoms with Crippen LogP contribution in [0, 0.1) is 13.8 Å². The zero-order chi connectivity index (χ0) is 23.1. The van der Waals surface area contributed by atoms with Crippen LogP contribution < -0.4 is 0 Å². The molecular formula is C34H30. The zero-order valence-electron chi connectivity index (χ0n) is 20.1. The summed E-state index contributed by atoms with van der Waals surface area (Å²) in [7, 11) is 0. The molecule has 0 aliphatic heterocycles. The Bertz CT molecular complexity index is 1320. The predicted molar refractivity (Wildman–Crippen MR) is 146 cm³/mol. The van der Waals surface area contributed by atoms with E-state index in [0.717, 1.165) is 25.7 Å². The molecule has 2 aliphatic carbocycles. The summed E-state index contributed by atoms with van der Waals surface area (Å²) in [5.74, 6) is 0. The lowest BCUT2D eigenvalue weighted by atomic mass is 9.90. The van der Waals surface area contributed by atoms with Crippen molar-refractivity contribution >= 4 is 23.3 Å². The van der Waals surface area contributed by atoms with E-state index in [1.807, 2.05) is 0 Å². The van der Waals surface area contributed by atoms with Crippen LogP contribution >= 0.6 is 0 Å². The van der Waals surface area contributed by atoms with Crippen molar-refractivity contribution in [3.8, 4) is 0 Å². The Morgan fingerprint density at radius 2 is 0.912 bits per heavy atom. The minimum absolute atomic E-state index is 1.04. The molecule has 0 spiro atoms. The standard InChI is InChI=1S/C34H30/c1-23-13-15-27(33-21-29(19-31(23)33)25-9-5-3-6-10-25)17-18-28-16-14-24(2)32-20-30(22-34(28)32)26-11-7-4-8-12-26/h3-16,19-20H,17-18,21-22H2,1-2H3. The van der Waals surface area contributed by atoms with E-state index in [2.05, 4.69) is 111 Å². The minimum atomic E-state index is 1.04. The summed E-state index contributed by atoms with van der Waals surface area (Å²) in [6, 6.07) is 31.1. The van der Waals surface area contributed by atoms with Crippen LogP contribution in [0.15, 0.2) is 84.9 Å². The van der Waals surface area contributed by atoms with Crippen molar-refractivity contribution in [2.75, 3.05) is 0 Å². The number of aryl methyl sites for hydroxylation is 4. The number of benzene rings is 4. The first-order valence-electron chi connectivity index (χ1n) is 12.4. The maximum Gasteiger partial charge on any atom is -0.00108 e. The molecule has 6 rings (SSSR count). The molecule has 0 unspecified atom stereocenters. The fraction of sp³-hybridized carbons (Fsp3) is 0.176. The fourth-order valence-corrected chi connectivity index (χ4v) is 5.72. The van der Waals surface area contributed by atoms with Gasteiger partial charge in [0.25, 0.3) is 0 Å². The summed E-state index contributed by atoms with van der Waals surface area (Å²) in [4.78, 5) is 0. The summed E-state index contributed by atoms with van der Waals surface area (Å²) in [6.07, 6.45) is 9.11. The summed E-state index contributed by atoms with van der Waals surface area (Å²) >= 11 is 0. The topological polar surface area (TPSA) is 0 Å². The maximum atomic E-state index is 2.42. The first-order valence-corrected chi connectivity index (χ1v) is 12.4. The maximum absolute atomic E-state index is 2.42. The molecular weight excluding hydrogens is 408 g/mol. The molecule has 0 amide bonds. The van der Waals surface area contributed by atoms with E-state index in [-0.39, 0.29) is 0 Å². The highest BCUT2D eigenvalue weighted by atomic mass is 14.3. The van der Waals surface area contributed by atoms with Crippen molar-refractivity contribution < 1.29 is 0 Å². The van der Waals surface area contributed by atoms with Crippen LogP contribution in [0.3, 0.4) is 0 Å². The van der Waals surface area contributed by atoms with Crippen LogP contribution in [0.25, 0.3) is 23.3 Å². The summed E-state index contributed by atoms with van der Waals surface area (Å²) < 4.78 is 0. The van der Waals surface area contributed by atoms with Gasteiger partial charge in [-0.25, -0.2) is 0 Å². The molecule has 166 valence electrons. The van der Waals surface area contributed by atoms with Gasteiger partial charge in [-0.05, 0) is 106 Å². The van der Waals surface area contributed by atoms with Crippen LogP contribution in [0.5, 0.6) is 0 Å². The molecule has 0 saturated carbocycles. The van der Waals surface area contributed by atoms with Gasteiger partial charge in [-0.3, -0.25) is 0 Å². The number of hydrogen-bond donors (Lipinski definition) is 0. The van der Waals surface area contributed by atoms with Crippen molar-refractivity contribution in [1.29, 1.82) is 0 Å². The van der Waals surface area contributed by atoms with Crippen LogP contribution in [-0.2, 0) is 25.7 Å². The summed E-state index contributed by atoms with van der Waals surface area (Å²) in [5.41, 5.74) is 17.3. The molecule has 0 saturated heterocycles. The van der Waals surface area contributed by atoms with Crippen molar-refractivity contribution in [3.63, 3.8) is 0 Å². The van der Waals surface area contributed by atoms with Crippen LogP contribution in [-0.4, -0.2) is 0 Å². The molecule has 0 radical (unpaired) electrons. The fourth-order valence-electron chi connectivity index (χ4n) is 5.72. The number of allylic oxidation sites excluding steroid dienone is 2. The summed E-state index contributed by atoms with van der Waals surface area (Å²) in [5, 5.41) is 0. The lowest BCUT2D eigenvalue weighted by molar-refractivity contribution is 0.927. The van der Waals surface area contributed by atoms with Gasteiger partial charge in [-0.1, -0.05) is 97.1 Å². The van der Waals surface area contributed by atoms with Crippen LogP contribution in [0.4, 0.5) is 0 Å². The molecule has 0 bridgehead atoms. The Labute approximate surface area is 203 Å². The predicted octanol–water partition coefficient (Wildman–Crippen LogP) is 8.28. The van der Waals surface area contributed by atoms with Crippen molar-refractivity contribution in [3.05, 3.63) is 141 Å². The average Bonchev–Trinajstić information content (AvgIpc) is 3.53. The van der Waals surface area contributed by atoms with E-state index in [1.54, 1.807) is 0 Å². The van der Waals surface area contributed by atoms with Crippen LogP contribution in [0.1, 0.15) is 55.6 Å². The third-order valence-electron chi connectivity index (χ3n) is 7.67.